The molecule has 20 heavy (non-hydrogen) atoms. The molecule has 1 saturated carbocycles. The minimum atomic E-state index is -0.334. The second-order valence-corrected chi connectivity index (χ2v) is 5.05. The van der Waals surface area contributed by atoms with Gasteiger partial charge < -0.3 is 19.5 Å². The van der Waals surface area contributed by atoms with Crippen molar-refractivity contribution in [1.29, 1.82) is 0 Å². The highest BCUT2D eigenvalue weighted by atomic mass is 19.1. The van der Waals surface area contributed by atoms with Crippen LogP contribution < -0.4 is 10.1 Å². The fourth-order valence-corrected chi connectivity index (χ4v) is 2.33. The van der Waals surface area contributed by atoms with E-state index in [4.69, 9.17) is 14.2 Å². The van der Waals surface area contributed by atoms with Crippen molar-refractivity contribution >= 4 is 0 Å². The summed E-state index contributed by atoms with van der Waals surface area (Å²) < 4.78 is 30.2. The Balaban J connectivity index is 1.95. The first-order chi connectivity index (χ1) is 9.65. The zero-order valence-electron chi connectivity index (χ0n) is 12.2. The molecule has 1 aromatic rings. The van der Waals surface area contributed by atoms with E-state index in [0.29, 0.717) is 19.0 Å². The number of likely N-dealkylation sites (N-methyl/N-ethyl adjacent to an activating group) is 1. The molecule has 0 aliphatic heterocycles. The van der Waals surface area contributed by atoms with E-state index in [1.807, 2.05) is 14.0 Å². The lowest BCUT2D eigenvalue weighted by molar-refractivity contribution is -0.115. The number of hydrogen-bond acceptors (Lipinski definition) is 4. The number of nitrogens with one attached hydrogen (secondary N) is 1. The maximum Gasteiger partial charge on any atom is 0.165 e. The molecular weight excluding hydrogens is 261 g/mol. The first kappa shape index (κ1) is 15.2. The first-order valence-electron chi connectivity index (χ1n) is 6.86. The Labute approximate surface area is 119 Å². The van der Waals surface area contributed by atoms with Crippen molar-refractivity contribution in [2.45, 2.75) is 31.6 Å². The van der Waals surface area contributed by atoms with Crippen molar-refractivity contribution < 1.29 is 18.6 Å². The van der Waals surface area contributed by atoms with E-state index in [1.165, 1.54) is 6.07 Å². The van der Waals surface area contributed by atoms with Crippen LogP contribution in [0.25, 0.3) is 0 Å². The molecule has 2 rings (SSSR count). The van der Waals surface area contributed by atoms with Gasteiger partial charge in [0.1, 0.15) is 12.2 Å². The predicted molar refractivity (Wildman–Crippen MR) is 74.6 cm³/mol. The van der Waals surface area contributed by atoms with Gasteiger partial charge in [0.15, 0.2) is 11.6 Å². The average molecular weight is 283 g/mol. The van der Waals surface area contributed by atoms with Crippen molar-refractivity contribution in [2.24, 2.45) is 0 Å². The zero-order chi connectivity index (χ0) is 14.5. The average Bonchev–Trinajstić information content (AvgIpc) is 2.42. The number of aryl methyl sites for hydroxylation is 1. The third-order valence-electron chi connectivity index (χ3n) is 3.58. The van der Waals surface area contributed by atoms with E-state index in [-0.39, 0.29) is 24.1 Å². The van der Waals surface area contributed by atoms with Gasteiger partial charge in [0.25, 0.3) is 0 Å². The fourth-order valence-electron chi connectivity index (χ4n) is 2.33. The molecule has 1 fully saturated rings. The maximum atomic E-state index is 13.7. The molecule has 0 radical (unpaired) electrons. The highest BCUT2D eigenvalue weighted by Crippen LogP contribution is 2.30. The standard InChI is InChI=1S/C15H22FNO3/c1-10-4-5-11(16)13(8-10)20-14-9-12(17-2)15(14)19-7-6-18-3/h4-5,8,12,14-15,17H,6-7,9H2,1-3H3. The highest BCUT2D eigenvalue weighted by molar-refractivity contribution is 5.30. The van der Waals surface area contributed by atoms with Gasteiger partial charge in [0.2, 0.25) is 0 Å². The Kier molecular flexibility index (Phi) is 5.34. The van der Waals surface area contributed by atoms with Gasteiger partial charge in [-0.3, -0.25) is 0 Å². The monoisotopic (exact) mass is 283 g/mol. The number of rotatable bonds is 7. The molecule has 1 N–H and O–H groups in total. The second-order valence-electron chi connectivity index (χ2n) is 5.05. The largest absolute Gasteiger partial charge is 0.485 e. The SMILES string of the molecule is CNC1CC(Oc2cc(C)ccc2F)C1OCCOC. The van der Waals surface area contributed by atoms with E-state index in [9.17, 15) is 4.39 Å². The second kappa shape index (κ2) is 7.02. The number of ether oxygens (including phenoxy) is 3. The summed E-state index contributed by atoms with van der Waals surface area (Å²) in [5.41, 5.74) is 0.975. The lowest BCUT2D eigenvalue weighted by Gasteiger charge is -2.43. The van der Waals surface area contributed by atoms with Gasteiger partial charge in [-0.15, -0.1) is 0 Å². The maximum absolute atomic E-state index is 13.7. The van der Waals surface area contributed by atoms with Gasteiger partial charge in [-0.1, -0.05) is 6.07 Å². The topological polar surface area (TPSA) is 39.7 Å². The molecule has 3 unspecified atom stereocenters. The molecule has 0 saturated heterocycles. The van der Waals surface area contributed by atoms with Crippen LogP contribution in [0.4, 0.5) is 4.39 Å². The molecule has 3 atom stereocenters. The molecule has 0 amide bonds. The molecule has 0 spiro atoms. The van der Waals surface area contributed by atoms with E-state index < -0.39 is 0 Å². The zero-order valence-corrected chi connectivity index (χ0v) is 12.2. The molecule has 4 nitrogen and oxygen atoms in total. The van der Waals surface area contributed by atoms with Crippen LogP contribution in [0.5, 0.6) is 5.75 Å². The summed E-state index contributed by atoms with van der Waals surface area (Å²) in [7, 11) is 3.52. The molecule has 1 aliphatic rings. The lowest BCUT2D eigenvalue weighted by Crippen LogP contribution is -2.60. The summed E-state index contributed by atoms with van der Waals surface area (Å²) in [6.07, 6.45) is 0.609. The third-order valence-corrected chi connectivity index (χ3v) is 3.58. The summed E-state index contributed by atoms with van der Waals surface area (Å²) in [5, 5.41) is 3.18. The summed E-state index contributed by atoms with van der Waals surface area (Å²) in [6, 6.07) is 5.12. The van der Waals surface area contributed by atoms with Gasteiger partial charge in [0.05, 0.1) is 13.2 Å². The van der Waals surface area contributed by atoms with Crippen LogP contribution in [0.3, 0.4) is 0 Å². The lowest BCUT2D eigenvalue weighted by atomic mass is 9.85. The third kappa shape index (κ3) is 3.48. The molecule has 0 aromatic heterocycles. The summed E-state index contributed by atoms with van der Waals surface area (Å²) in [4.78, 5) is 0. The van der Waals surface area contributed by atoms with Crippen LogP contribution in [0.15, 0.2) is 18.2 Å². The van der Waals surface area contributed by atoms with Crippen molar-refractivity contribution in [3.8, 4) is 5.75 Å². The quantitative estimate of drug-likeness (QED) is 0.776. The fraction of sp³-hybridized carbons (Fsp3) is 0.600. The van der Waals surface area contributed by atoms with E-state index in [2.05, 4.69) is 5.32 Å². The Hall–Kier alpha value is -1.17. The van der Waals surface area contributed by atoms with E-state index in [1.54, 1.807) is 19.2 Å². The predicted octanol–water partition coefficient (Wildman–Crippen LogP) is 1.90. The summed E-state index contributed by atoms with van der Waals surface area (Å²) >= 11 is 0. The normalized spacial score (nSPS) is 25.3. The van der Waals surface area contributed by atoms with Crippen LogP contribution in [0.1, 0.15) is 12.0 Å². The molecule has 1 aliphatic carbocycles. The van der Waals surface area contributed by atoms with Crippen LogP contribution in [-0.2, 0) is 9.47 Å². The van der Waals surface area contributed by atoms with Gasteiger partial charge in [-0.25, -0.2) is 4.39 Å². The Morgan fingerprint density at radius 2 is 2.15 bits per heavy atom. The number of methoxy groups -OCH3 is 1. The molecule has 0 heterocycles. The Morgan fingerprint density at radius 3 is 2.85 bits per heavy atom. The summed E-state index contributed by atoms with van der Waals surface area (Å²) in [5.74, 6) is -0.0379. The summed E-state index contributed by atoms with van der Waals surface area (Å²) in [6.45, 7) is 2.96. The van der Waals surface area contributed by atoms with Crippen molar-refractivity contribution in [1.82, 2.24) is 5.32 Å². The van der Waals surface area contributed by atoms with Crippen LogP contribution >= 0.6 is 0 Å². The van der Waals surface area contributed by atoms with Crippen LogP contribution in [0.2, 0.25) is 0 Å². The van der Waals surface area contributed by atoms with Gasteiger partial charge in [0, 0.05) is 19.6 Å². The Morgan fingerprint density at radius 1 is 1.35 bits per heavy atom. The number of halogens is 1. The van der Waals surface area contributed by atoms with Crippen LogP contribution in [-0.4, -0.2) is 45.6 Å². The molecular formula is C15H22FNO3. The highest BCUT2D eigenvalue weighted by Gasteiger charge is 2.43. The van der Waals surface area contributed by atoms with Crippen molar-refractivity contribution in [3.05, 3.63) is 29.6 Å². The molecule has 5 heteroatoms. The first-order valence-corrected chi connectivity index (χ1v) is 6.86. The smallest absolute Gasteiger partial charge is 0.165 e. The number of hydrogen-bond donors (Lipinski definition) is 1. The van der Waals surface area contributed by atoms with Crippen molar-refractivity contribution in [2.75, 3.05) is 27.4 Å². The van der Waals surface area contributed by atoms with E-state index in [0.717, 1.165) is 12.0 Å². The van der Waals surface area contributed by atoms with Gasteiger partial charge in [-0.05, 0) is 31.7 Å². The van der Waals surface area contributed by atoms with Gasteiger partial charge in [-0.2, -0.15) is 0 Å². The Bertz CT molecular complexity index is 441. The minimum Gasteiger partial charge on any atom is -0.485 e. The number of benzene rings is 1. The molecule has 112 valence electrons. The van der Waals surface area contributed by atoms with Gasteiger partial charge >= 0.3 is 0 Å². The molecule has 0 bridgehead atoms. The minimum absolute atomic E-state index is 0.0740. The molecule has 1 aromatic carbocycles. The van der Waals surface area contributed by atoms with Crippen molar-refractivity contribution in [3.63, 3.8) is 0 Å². The van der Waals surface area contributed by atoms with E-state index >= 15 is 0 Å². The van der Waals surface area contributed by atoms with Crippen LogP contribution in [0, 0.1) is 12.7 Å².